The van der Waals surface area contributed by atoms with Gasteiger partial charge in [-0.05, 0) is 51.5 Å². The number of aryl methyl sites for hydroxylation is 1. The van der Waals surface area contributed by atoms with Crippen LogP contribution in [-0.2, 0) is 9.53 Å². The summed E-state index contributed by atoms with van der Waals surface area (Å²) in [5.74, 6) is -0.250. The van der Waals surface area contributed by atoms with E-state index in [1.54, 1.807) is 0 Å². The number of halogens is 1. The quantitative estimate of drug-likeness (QED) is 0.868. The van der Waals surface area contributed by atoms with Crippen LogP contribution in [0.4, 0.5) is 5.69 Å². The minimum Gasteiger partial charge on any atom is -0.459 e. The molecule has 0 bridgehead atoms. The van der Waals surface area contributed by atoms with Crippen LogP contribution < -0.4 is 5.32 Å². The number of benzene rings is 1. The fraction of sp³-hybridized carbons (Fsp3) is 0.462. The molecule has 0 aliphatic heterocycles. The Morgan fingerprint density at radius 2 is 2.06 bits per heavy atom. The second-order valence-corrected chi connectivity index (χ2v) is 5.81. The monoisotopic (exact) mass is 299 g/mol. The number of esters is 1. The smallest absolute Gasteiger partial charge is 0.325 e. The lowest BCUT2D eigenvalue weighted by molar-refractivity contribution is -0.152. The van der Waals surface area contributed by atoms with E-state index >= 15 is 0 Å². The van der Waals surface area contributed by atoms with E-state index in [4.69, 9.17) is 4.74 Å². The SMILES string of the molecule is Cc1cc(Br)ccc1NCC(=O)OC(C)(C)C. The molecule has 94 valence electrons. The first-order valence-electron chi connectivity index (χ1n) is 5.50. The molecule has 0 atom stereocenters. The number of carbonyl (C=O) groups excluding carboxylic acids is 1. The van der Waals surface area contributed by atoms with Gasteiger partial charge in [0.05, 0.1) is 0 Å². The Labute approximate surface area is 111 Å². The van der Waals surface area contributed by atoms with Gasteiger partial charge < -0.3 is 10.1 Å². The summed E-state index contributed by atoms with van der Waals surface area (Å²) in [6.07, 6.45) is 0. The molecule has 17 heavy (non-hydrogen) atoms. The Morgan fingerprint density at radius 3 is 2.59 bits per heavy atom. The molecule has 0 amide bonds. The average molecular weight is 300 g/mol. The topological polar surface area (TPSA) is 38.3 Å². The largest absolute Gasteiger partial charge is 0.459 e. The number of carbonyl (C=O) groups is 1. The Balaban J connectivity index is 2.53. The summed E-state index contributed by atoms with van der Waals surface area (Å²) in [5.41, 5.74) is 1.59. The second-order valence-electron chi connectivity index (χ2n) is 4.90. The van der Waals surface area contributed by atoms with E-state index in [1.807, 2.05) is 45.9 Å². The van der Waals surface area contributed by atoms with Crippen LogP contribution in [0.1, 0.15) is 26.3 Å². The van der Waals surface area contributed by atoms with Crippen molar-refractivity contribution in [1.29, 1.82) is 0 Å². The van der Waals surface area contributed by atoms with Crippen LogP contribution >= 0.6 is 15.9 Å². The molecule has 1 rings (SSSR count). The molecule has 0 aromatic heterocycles. The standard InChI is InChI=1S/C13H18BrNO2/c1-9-7-10(14)5-6-11(9)15-8-12(16)17-13(2,3)4/h5-7,15H,8H2,1-4H3. The molecule has 0 spiro atoms. The van der Waals surface area contributed by atoms with Crippen molar-refractivity contribution in [1.82, 2.24) is 0 Å². The van der Waals surface area contributed by atoms with E-state index in [0.717, 1.165) is 15.7 Å². The molecule has 0 aliphatic rings. The maximum atomic E-state index is 11.5. The Hall–Kier alpha value is -1.03. The number of ether oxygens (including phenoxy) is 1. The van der Waals surface area contributed by atoms with E-state index in [-0.39, 0.29) is 12.5 Å². The predicted octanol–water partition coefficient (Wildman–Crippen LogP) is 3.51. The normalized spacial score (nSPS) is 11.1. The predicted molar refractivity (Wildman–Crippen MR) is 73.2 cm³/mol. The van der Waals surface area contributed by atoms with Crippen LogP contribution in [0.2, 0.25) is 0 Å². The number of rotatable bonds is 3. The lowest BCUT2D eigenvalue weighted by Crippen LogP contribution is -2.28. The zero-order valence-corrected chi connectivity index (χ0v) is 12.2. The molecular formula is C13H18BrNO2. The van der Waals surface area contributed by atoms with Gasteiger partial charge in [0, 0.05) is 10.2 Å². The van der Waals surface area contributed by atoms with Crippen molar-refractivity contribution in [3.63, 3.8) is 0 Å². The third kappa shape index (κ3) is 5.22. The summed E-state index contributed by atoms with van der Waals surface area (Å²) in [5, 5.41) is 3.07. The summed E-state index contributed by atoms with van der Waals surface area (Å²) in [6.45, 7) is 7.74. The summed E-state index contributed by atoms with van der Waals surface area (Å²) in [6, 6.07) is 5.87. The van der Waals surface area contributed by atoms with Gasteiger partial charge in [0.2, 0.25) is 0 Å². The van der Waals surface area contributed by atoms with Crippen molar-refractivity contribution in [3.05, 3.63) is 28.2 Å². The van der Waals surface area contributed by atoms with Crippen LogP contribution in [0, 0.1) is 6.92 Å². The summed E-state index contributed by atoms with van der Waals surface area (Å²) < 4.78 is 6.24. The van der Waals surface area contributed by atoms with Gasteiger partial charge in [-0.2, -0.15) is 0 Å². The Kier molecular flexibility index (Phi) is 4.57. The average Bonchev–Trinajstić information content (AvgIpc) is 2.13. The van der Waals surface area contributed by atoms with E-state index in [9.17, 15) is 4.79 Å². The molecule has 0 fully saturated rings. The third-order valence-corrected chi connectivity index (χ3v) is 2.52. The molecule has 0 radical (unpaired) electrons. The minimum absolute atomic E-state index is 0.180. The van der Waals surface area contributed by atoms with Gasteiger partial charge in [-0.25, -0.2) is 0 Å². The van der Waals surface area contributed by atoms with Crippen LogP contribution in [0.15, 0.2) is 22.7 Å². The van der Waals surface area contributed by atoms with Crippen molar-refractivity contribution in [3.8, 4) is 0 Å². The second kappa shape index (κ2) is 5.54. The fourth-order valence-electron chi connectivity index (χ4n) is 1.37. The van der Waals surface area contributed by atoms with Gasteiger partial charge in [0.15, 0.2) is 0 Å². The van der Waals surface area contributed by atoms with Crippen LogP contribution in [-0.4, -0.2) is 18.1 Å². The van der Waals surface area contributed by atoms with E-state index < -0.39 is 5.60 Å². The molecule has 4 heteroatoms. The maximum absolute atomic E-state index is 11.5. The molecule has 0 aliphatic carbocycles. The fourth-order valence-corrected chi connectivity index (χ4v) is 1.85. The van der Waals surface area contributed by atoms with Crippen molar-refractivity contribution < 1.29 is 9.53 Å². The lowest BCUT2D eigenvalue weighted by atomic mass is 10.2. The molecular weight excluding hydrogens is 282 g/mol. The molecule has 0 unspecified atom stereocenters. The first-order valence-corrected chi connectivity index (χ1v) is 6.29. The molecule has 1 aromatic carbocycles. The van der Waals surface area contributed by atoms with E-state index in [2.05, 4.69) is 21.2 Å². The molecule has 3 nitrogen and oxygen atoms in total. The third-order valence-electron chi connectivity index (χ3n) is 2.03. The first kappa shape index (κ1) is 14.0. The summed E-state index contributed by atoms with van der Waals surface area (Å²) in [4.78, 5) is 11.5. The number of hydrogen-bond donors (Lipinski definition) is 1. The summed E-state index contributed by atoms with van der Waals surface area (Å²) >= 11 is 3.40. The summed E-state index contributed by atoms with van der Waals surface area (Å²) in [7, 11) is 0. The van der Waals surface area contributed by atoms with Crippen molar-refractivity contribution in [2.75, 3.05) is 11.9 Å². The van der Waals surface area contributed by atoms with Gasteiger partial charge in [-0.15, -0.1) is 0 Å². The van der Waals surface area contributed by atoms with Gasteiger partial charge >= 0.3 is 5.97 Å². The Bertz CT molecular complexity index is 410. The lowest BCUT2D eigenvalue weighted by Gasteiger charge is -2.20. The first-order chi connectivity index (χ1) is 7.78. The highest BCUT2D eigenvalue weighted by Crippen LogP contribution is 2.19. The number of anilines is 1. The van der Waals surface area contributed by atoms with Crippen molar-refractivity contribution >= 4 is 27.6 Å². The number of nitrogens with one attached hydrogen (secondary N) is 1. The minimum atomic E-state index is -0.437. The highest BCUT2D eigenvalue weighted by atomic mass is 79.9. The van der Waals surface area contributed by atoms with Gasteiger partial charge in [-0.1, -0.05) is 15.9 Å². The molecule has 0 saturated carbocycles. The zero-order valence-electron chi connectivity index (χ0n) is 10.6. The highest BCUT2D eigenvalue weighted by Gasteiger charge is 2.15. The van der Waals surface area contributed by atoms with Gasteiger partial charge in [0.25, 0.3) is 0 Å². The van der Waals surface area contributed by atoms with Crippen LogP contribution in [0.25, 0.3) is 0 Å². The van der Waals surface area contributed by atoms with Crippen LogP contribution in [0.3, 0.4) is 0 Å². The van der Waals surface area contributed by atoms with E-state index in [0.29, 0.717) is 0 Å². The zero-order chi connectivity index (χ0) is 13.1. The molecule has 0 heterocycles. The maximum Gasteiger partial charge on any atom is 0.325 e. The molecule has 0 saturated heterocycles. The Morgan fingerprint density at radius 1 is 1.41 bits per heavy atom. The number of hydrogen-bond acceptors (Lipinski definition) is 3. The molecule has 1 N–H and O–H groups in total. The van der Waals surface area contributed by atoms with Crippen LogP contribution in [0.5, 0.6) is 0 Å². The molecule has 1 aromatic rings. The van der Waals surface area contributed by atoms with Crippen molar-refractivity contribution in [2.45, 2.75) is 33.3 Å². The van der Waals surface area contributed by atoms with Gasteiger partial charge in [-0.3, -0.25) is 4.79 Å². The van der Waals surface area contributed by atoms with Gasteiger partial charge in [0.1, 0.15) is 12.1 Å². The highest BCUT2D eigenvalue weighted by molar-refractivity contribution is 9.10. The van der Waals surface area contributed by atoms with E-state index in [1.165, 1.54) is 0 Å². The van der Waals surface area contributed by atoms with Crippen molar-refractivity contribution in [2.24, 2.45) is 0 Å².